The largest absolute Gasteiger partial charge is 0.310 e. The summed E-state index contributed by atoms with van der Waals surface area (Å²) in [6.45, 7) is 2.92. The van der Waals surface area contributed by atoms with E-state index in [1.54, 1.807) is 16.7 Å². The maximum absolute atomic E-state index is 12.1. The summed E-state index contributed by atoms with van der Waals surface area (Å²) in [5.74, 6) is 0. The van der Waals surface area contributed by atoms with Crippen LogP contribution in [0.2, 0.25) is 0 Å². The molecule has 2 aromatic rings. The summed E-state index contributed by atoms with van der Waals surface area (Å²) in [6, 6.07) is 8.63. The lowest BCUT2D eigenvalue weighted by Gasteiger charge is -2.23. The summed E-state index contributed by atoms with van der Waals surface area (Å²) in [5.41, 5.74) is 1.61. The van der Waals surface area contributed by atoms with Crippen molar-refractivity contribution in [2.24, 2.45) is 0 Å². The van der Waals surface area contributed by atoms with Crippen molar-refractivity contribution in [1.29, 1.82) is 0 Å². The third-order valence-electron chi connectivity index (χ3n) is 4.62. The number of fused-ring (bicyclic) bond motifs is 3. The van der Waals surface area contributed by atoms with E-state index in [9.17, 15) is 4.79 Å². The quantitative estimate of drug-likeness (QED) is 0.894. The van der Waals surface area contributed by atoms with Crippen LogP contribution in [0.3, 0.4) is 0 Å². The highest BCUT2D eigenvalue weighted by molar-refractivity contribution is 5.37. The second-order valence-corrected chi connectivity index (χ2v) is 6.18. The molecule has 4 heterocycles. The molecule has 0 spiro atoms. The molecule has 5 nitrogen and oxygen atoms in total. The van der Waals surface area contributed by atoms with E-state index < -0.39 is 0 Å². The van der Waals surface area contributed by atoms with Crippen LogP contribution in [0.5, 0.6) is 0 Å². The van der Waals surface area contributed by atoms with Crippen molar-refractivity contribution >= 4 is 5.65 Å². The molecule has 2 unspecified atom stereocenters. The molecule has 5 heteroatoms. The Bertz CT molecular complexity index is 711. The number of nitrogens with zero attached hydrogens (tertiary/aromatic N) is 3. The van der Waals surface area contributed by atoms with E-state index in [2.05, 4.69) is 15.2 Å². The third kappa shape index (κ3) is 2.59. The molecule has 2 aromatic heterocycles. The third-order valence-corrected chi connectivity index (χ3v) is 4.62. The standard InChI is InChI=1S/C16H20N4O/c21-16-9-14(18-15-3-1-2-7-20(15)16)11-19-8-6-12-4-5-13(10-19)17-12/h1-3,7,9,12-13,17H,4-6,8,10-11H2. The highest BCUT2D eigenvalue weighted by atomic mass is 16.1. The Morgan fingerprint density at radius 3 is 3.10 bits per heavy atom. The molecule has 2 atom stereocenters. The highest BCUT2D eigenvalue weighted by Crippen LogP contribution is 2.21. The summed E-state index contributed by atoms with van der Waals surface area (Å²) in [5, 5.41) is 3.68. The fraction of sp³-hybridized carbons (Fsp3) is 0.500. The van der Waals surface area contributed by atoms with Crippen LogP contribution in [0, 0.1) is 0 Å². The molecular formula is C16H20N4O. The van der Waals surface area contributed by atoms with Gasteiger partial charge in [0, 0.05) is 44.0 Å². The van der Waals surface area contributed by atoms with Crippen molar-refractivity contribution in [1.82, 2.24) is 19.6 Å². The van der Waals surface area contributed by atoms with E-state index in [1.165, 1.54) is 19.3 Å². The summed E-state index contributed by atoms with van der Waals surface area (Å²) >= 11 is 0. The predicted molar refractivity (Wildman–Crippen MR) is 81.3 cm³/mol. The van der Waals surface area contributed by atoms with E-state index in [1.807, 2.05) is 18.2 Å². The van der Waals surface area contributed by atoms with Crippen LogP contribution in [0.1, 0.15) is 25.0 Å². The Morgan fingerprint density at radius 1 is 1.24 bits per heavy atom. The monoisotopic (exact) mass is 284 g/mol. The van der Waals surface area contributed by atoms with E-state index in [4.69, 9.17) is 0 Å². The average molecular weight is 284 g/mol. The first-order valence-electron chi connectivity index (χ1n) is 7.74. The number of pyridine rings is 1. The first kappa shape index (κ1) is 13.0. The van der Waals surface area contributed by atoms with Crippen molar-refractivity contribution in [3.05, 3.63) is 46.5 Å². The smallest absolute Gasteiger partial charge is 0.258 e. The van der Waals surface area contributed by atoms with E-state index in [0.717, 1.165) is 31.0 Å². The number of hydrogen-bond acceptors (Lipinski definition) is 4. The Kier molecular flexibility index (Phi) is 3.24. The number of aromatic nitrogens is 2. The number of rotatable bonds is 2. The number of likely N-dealkylation sites (tertiary alicyclic amines) is 1. The summed E-state index contributed by atoms with van der Waals surface area (Å²) < 4.78 is 1.59. The number of nitrogens with one attached hydrogen (secondary N) is 1. The average Bonchev–Trinajstić information content (AvgIpc) is 2.82. The van der Waals surface area contributed by atoms with Gasteiger partial charge in [-0.2, -0.15) is 0 Å². The second kappa shape index (κ2) is 5.24. The first-order valence-corrected chi connectivity index (χ1v) is 7.74. The lowest BCUT2D eigenvalue weighted by Crippen LogP contribution is -2.35. The maximum Gasteiger partial charge on any atom is 0.258 e. The van der Waals surface area contributed by atoms with Gasteiger partial charge in [-0.05, 0) is 31.4 Å². The van der Waals surface area contributed by atoms with Crippen LogP contribution >= 0.6 is 0 Å². The van der Waals surface area contributed by atoms with Gasteiger partial charge in [-0.25, -0.2) is 4.98 Å². The Labute approximate surface area is 123 Å². The molecule has 2 fully saturated rings. The molecule has 2 bridgehead atoms. The van der Waals surface area contributed by atoms with Crippen LogP contribution < -0.4 is 10.9 Å². The SMILES string of the molecule is O=c1cc(CN2CCC3CCC(C2)N3)nc2ccccn12. The predicted octanol–water partition coefficient (Wildman–Crippen LogP) is 1.02. The van der Waals surface area contributed by atoms with E-state index in [0.29, 0.717) is 12.1 Å². The Balaban J connectivity index is 1.58. The molecule has 21 heavy (non-hydrogen) atoms. The maximum atomic E-state index is 12.1. The molecule has 2 saturated heterocycles. The molecule has 2 aliphatic heterocycles. The van der Waals surface area contributed by atoms with E-state index >= 15 is 0 Å². The Hall–Kier alpha value is -1.72. The van der Waals surface area contributed by atoms with Crippen molar-refractivity contribution in [2.45, 2.75) is 37.9 Å². The van der Waals surface area contributed by atoms with Gasteiger partial charge in [-0.3, -0.25) is 14.1 Å². The summed E-state index contributed by atoms with van der Waals surface area (Å²) in [7, 11) is 0. The zero-order valence-corrected chi connectivity index (χ0v) is 12.0. The molecular weight excluding hydrogens is 264 g/mol. The normalized spacial score (nSPS) is 26.1. The van der Waals surface area contributed by atoms with Gasteiger partial charge in [0.05, 0.1) is 5.69 Å². The molecule has 0 aliphatic carbocycles. The minimum absolute atomic E-state index is 0.00469. The zero-order valence-electron chi connectivity index (χ0n) is 12.0. The van der Waals surface area contributed by atoms with Crippen LogP contribution in [-0.2, 0) is 6.54 Å². The van der Waals surface area contributed by atoms with Crippen molar-refractivity contribution in [2.75, 3.05) is 13.1 Å². The summed E-state index contributed by atoms with van der Waals surface area (Å²) in [6.07, 6.45) is 5.55. The molecule has 0 radical (unpaired) electrons. The van der Waals surface area contributed by atoms with Gasteiger partial charge in [0.25, 0.3) is 5.56 Å². The molecule has 0 aromatic carbocycles. The molecule has 0 saturated carbocycles. The van der Waals surface area contributed by atoms with Gasteiger partial charge < -0.3 is 5.32 Å². The van der Waals surface area contributed by atoms with Crippen LogP contribution in [-0.4, -0.2) is 39.5 Å². The van der Waals surface area contributed by atoms with Gasteiger partial charge in [0.1, 0.15) is 5.65 Å². The fourth-order valence-corrected chi connectivity index (χ4v) is 3.57. The van der Waals surface area contributed by atoms with Crippen LogP contribution in [0.4, 0.5) is 0 Å². The van der Waals surface area contributed by atoms with Crippen LogP contribution in [0.15, 0.2) is 35.3 Å². The number of hydrogen-bond donors (Lipinski definition) is 1. The topological polar surface area (TPSA) is 49.6 Å². The van der Waals surface area contributed by atoms with Gasteiger partial charge in [0.15, 0.2) is 0 Å². The minimum atomic E-state index is 0.00469. The fourth-order valence-electron chi connectivity index (χ4n) is 3.57. The molecule has 2 aliphatic rings. The molecule has 110 valence electrons. The first-order chi connectivity index (χ1) is 10.3. The lowest BCUT2D eigenvalue weighted by atomic mass is 10.1. The Morgan fingerprint density at radius 2 is 2.14 bits per heavy atom. The van der Waals surface area contributed by atoms with E-state index in [-0.39, 0.29) is 5.56 Å². The molecule has 0 amide bonds. The second-order valence-electron chi connectivity index (χ2n) is 6.18. The molecule has 1 N–H and O–H groups in total. The minimum Gasteiger partial charge on any atom is -0.310 e. The van der Waals surface area contributed by atoms with Gasteiger partial charge in [-0.15, -0.1) is 0 Å². The lowest BCUT2D eigenvalue weighted by molar-refractivity contribution is 0.248. The van der Waals surface area contributed by atoms with Crippen molar-refractivity contribution in [3.8, 4) is 0 Å². The van der Waals surface area contributed by atoms with Gasteiger partial charge in [0.2, 0.25) is 0 Å². The summed E-state index contributed by atoms with van der Waals surface area (Å²) in [4.78, 5) is 19.2. The van der Waals surface area contributed by atoms with Crippen molar-refractivity contribution in [3.63, 3.8) is 0 Å². The van der Waals surface area contributed by atoms with Crippen LogP contribution in [0.25, 0.3) is 5.65 Å². The molecule has 4 rings (SSSR count). The van der Waals surface area contributed by atoms with Crippen molar-refractivity contribution < 1.29 is 0 Å². The zero-order chi connectivity index (χ0) is 14.2. The van der Waals surface area contributed by atoms with Gasteiger partial charge >= 0.3 is 0 Å². The van der Waals surface area contributed by atoms with Gasteiger partial charge in [-0.1, -0.05) is 6.07 Å². The highest BCUT2D eigenvalue weighted by Gasteiger charge is 2.29.